The predicted octanol–water partition coefficient (Wildman–Crippen LogP) is 5.46. The molecule has 0 N–H and O–H groups in total. The van der Waals surface area contributed by atoms with Gasteiger partial charge in [0.15, 0.2) is 4.32 Å². The van der Waals surface area contributed by atoms with Crippen LogP contribution < -0.4 is 4.74 Å². The SMILES string of the molecule is COc1ccc(C=NN2C(=O)C(=Cc3cccc(Br)c3)SC2=S)cc1Br. The van der Waals surface area contributed by atoms with Gasteiger partial charge < -0.3 is 4.74 Å². The van der Waals surface area contributed by atoms with E-state index in [2.05, 4.69) is 37.0 Å². The summed E-state index contributed by atoms with van der Waals surface area (Å²) in [4.78, 5) is 13.1. The first-order valence-electron chi connectivity index (χ1n) is 7.39. The van der Waals surface area contributed by atoms with E-state index in [1.54, 1.807) is 13.3 Å². The van der Waals surface area contributed by atoms with Crippen molar-refractivity contribution in [3.05, 3.63) is 67.4 Å². The van der Waals surface area contributed by atoms with Crippen molar-refractivity contribution in [2.24, 2.45) is 5.10 Å². The molecule has 132 valence electrons. The number of amides is 1. The Kier molecular flexibility index (Phi) is 6.29. The highest BCUT2D eigenvalue weighted by Gasteiger charge is 2.32. The average molecular weight is 512 g/mol. The fourth-order valence-corrected chi connectivity index (χ4v) is 4.34. The van der Waals surface area contributed by atoms with Gasteiger partial charge >= 0.3 is 0 Å². The number of methoxy groups -OCH3 is 1. The standard InChI is InChI=1S/C18H12Br2N2O2S2/c1-24-15-6-5-12(8-14(15)20)10-21-22-17(23)16(26-18(22)25)9-11-3-2-4-13(19)7-11/h2-10H,1H3. The third kappa shape index (κ3) is 4.43. The number of hydrogen-bond acceptors (Lipinski definition) is 5. The van der Waals surface area contributed by atoms with E-state index in [0.717, 1.165) is 25.8 Å². The van der Waals surface area contributed by atoms with E-state index in [4.69, 9.17) is 17.0 Å². The van der Waals surface area contributed by atoms with Gasteiger partial charge in [-0.25, -0.2) is 0 Å². The van der Waals surface area contributed by atoms with Gasteiger partial charge in [-0.05, 0) is 75.7 Å². The number of nitrogens with zero attached hydrogens (tertiary/aromatic N) is 2. The summed E-state index contributed by atoms with van der Waals surface area (Å²) in [6.45, 7) is 0. The van der Waals surface area contributed by atoms with Crippen molar-refractivity contribution in [3.8, 4) is 5.75 Å². The van der Waals surface area contributed by atoms with E-state index >= 15 is 0 Å². The zero-order valence-electron chi connectivity index (χ0n) is 13.5. The lowest BCUT2D eigenvalue weighted by Crippen LogP contribution is -2.22. The van der Waals surface area contributed by atoms with Gasteiger partial charge in [0, 0.05) is 4.47 Å². The second-order valence-electron chi connectivity index (χ2n) is 5.19. The van der Waals surface area contributed by atoms with E-state index in [-0.39, 0.29) is 5.91 Å². The first-order chi connectivity index (χ1) is 12.5. The molecule has 4 nitrogen and oxygen atoms in total. The lowest BCUT2D eigenvalue weighted by Gasteiger charge is -2.07. The normalized spacial score (nSPS) is 16.1. The minimum absolute atomic E-state index is 0.233. The largest absolute Gasteiger partial charge is 0.496 e. The van der Waals surface area contributed by atoms with Crippen molar-refractivity contribution >= 4 is 78.4 Å². The minimum atomic E-state index is -0.233. The quantitative estimate of drug-likeness (QED) is 0.310. The van der Waals surface area contributed by atoms with Gasteiger partial charge in [-0.2, -0.15) is 10.1 Å². The molecule has 8 heteroatoms. The Morgan fingerprint density at radius 2 is 2.00 bits per heavy atom. The molecule has 3 rings (SSSR count). The molecule has 2 aromatic carbocycles. The van der Waals surface area contributed by atoms with Crippen LogP contribution in [0, 0.1) is 0 Å². The molecule has 1 heterocycles. The number of hydrogen-bond donors (Lipinski definition) is 0. The molecule has 0 aliphatic carbocycles. The van der Waals surface area contributed by atoms with E-state index in [1.165, 1.54) is 16.8 Å². The third-order valence-electron chi connectivity index (χ3n) is 3.42. The van der Waals surface area contributed by atoms with Gasteiger partial charge in [0.2, 0.25) is 0 Å². The maximum atomic E-state index is 12.6. The van der Waals surface area contributed by atoms with Gasteiger partial charge in [0.25, 0.3) is 5.91 Å². The molecule has 1 fully saturated rings. The molecule has 1 aliphatic rings. The van der Waals surface area contributed by atoms with Crippen LogP contribution in [0.2, 0.25) is 0 Å². The fourth-order valence-electron chi connectivity index (χ4n) is 2.19. The molecule has 0 aromatic heterocycles. The molecule has 0 atom stereocenters. The number of benzene rings is 2. The first kappa shape index (κ1) is 19.3. The third-order valence-corrected chi connectivity index (χ3v) is 5.81. The Morgan fingerprint density at radius 1 is 1.19 bits per heavy atom. The molecular formula is C18H12Br2N2O2S2. The van der Waals surface area contributed by atoms with Crippen LogP contribution in [0.15, 0.2) is 61.4 Å². The predicted molar refractivity (Wildman–Crippen MR) is 117 cm³/mol. The molecule has 0 saturated carbocycles. The number of halogens is 2. The Hall–Kier alpha value is -1.48. The van der Waals surface area contributed by atoms with Crippen molar-refractivity contribution in [2.75, 3.05) is 7.11 Å². The Morgan fingerprint density at radius 3 is 2.69 bits per heavy atom. The van der Waals surface area contributed by atoms with Gasteiger partial charge in [-0.15, -0.1) is 0 Å². The number of thiocarbonyl (C=S) groups is 1. The van der Waals surface area contributed by atoms with Crippen LogP contribution in [0.3, 0.4) is 0 Å². The lowest BCUT2D eigenvalue weighted by molar-refractivity contribution is -0.122. The molecule has 1 saturated heterocycles. The van der Waals surface area contributed by atoms with Crippen LogP contribution in [-0.2, 0) is 4.79 Å². The topological polar surface area (TPSA) is 41.9 Å². The van der Waals surface area contributed by atoms with E-state index < -0.39 is 0 Å². The number of carbonyl (C=O) groups excluding carboxylic acids is 1. The highest BCUT2D eigenvalue weighted by Crippen LogP contribution is 2.33. The molecular weight excluding hydrogens is 500 g/mol. The van der Waals surface area contributed by atoms with Gasteiger partial charge in [-0.3, -0.25) is 4.79 Å². The molecule has 0 bridgehead atoms. The van der Waals surface area contributed by atoms with Crippen LogP contribution >= 0.6 is 55.8 Å². The van der Waals surface area contributed by atoms with Crippen LogP contribution in [0.1, 0.15) is 11.1 Å². The Labute approximate surface area is 177 Å². The summed E-state index contributed by atoms with van der Waals surface area (Å²) < 4.78 is 7.36. The number of hydrazone groups is 1. The summed E-state index contributed by atoms with van der Waals surface area (Å²) in [6, 6.07) is 13.2. The molecule has 1 amide bonds. The molecule has 0 spiro atoms. The molecule has 2 aromatic rings. The minimum Gasteiger partial charge on any atom is -0.496 e. The molecule has 0 unspecified atom stereocenters. The van der Waals surface area contributed by atoms with Crippen molar-refractivity contribution in [3.63, 3.8) is 0 Å². The van der Waals surface area contributed by atoms with Gasteiger partial charge in [0.1, 0.15) is 5.75 Å². The summed E-state index contributed by atoms with van der Waals surface area (Å²) in [6.07, 6.45) is 3.40. The highest BCUT2D eigenvalue weighted by atomic mass is 79.9. The van der Waals surface area contributed by atoms with Crippen LogP contribution in [0.25, 0.3) is 6.08 Å². The van der Waals surface area contributed by atoms with E-state index in [1.807, 2.05) is 48.5 Å². The number of carbonyl (C=O) groups is 1. The second kappa shape index (κ2) is 8.47. The van der Waals surface area contributed by atoms with E-state index in [9.17, 15) is 4.79 Å². The Bertz CT molecular complexity index is 945. The smallest absolute Gasteiger partial charge is 0.286 e. The maximum absolute atomic E-state index is 12.6. The molecule has 0 radical (unpaired) electrons. The zero-order valence-corrected chi connectivity index (χ0v) is 18.3. The fraction of sp³-hybridized carbons (Fsp3) is 0.0556. The second-order valence-corrected chi connectivity index (χ2v) is 8.63. The summed E-state index contributed by atoms with van der Waals surface area (Å²) in [5.41, 5.74) is 1.74. The van der Waals surface area contributed by atoms with Crippen LogP contribution in [0.4, 0.5) is 0 Å². The lowest BCUT2D eigenvalue weighted by atomic mass is 10.2. The van der Waals surface area contributed by atoms with Crippen LogP contribution in [0.5, 0.6) is 5.75 Å². The van der Waals surface area contributed by atoms with Crippen LogP contribution in [-0.4, -0.2) is 28.6 Å². The molecule has 1 aliphatic heterocycles. The van der Waals surface area contributed by atoms with Gasteiger partial charge in [0.05, 0.1) is 22.7 Å². The summed E-state index contributed by atoms with van der Waals surface area (Å²) in [7, 11) is 1.60. The molecule has 26 heavy (non-hydrogen) atoms. The summed E-state index contributed by atoms with van der Waals surface area (Å²) in [5.74, 6) is 0.494. The van der Waals surface area contributed by atoms with Crippen molar-refractivity contribution < 1.29 is 9.53 Å². The number of ether oxygens (including phenoxy) is 1. The first-order valence-corrected chi connectivity index (χ1v) is 10.2. The highest BCUT2D eigenvalue weighted by molar-refractivity contribution is 9.10. The number of rotatable bonds is 4. The number of thioether (sulfide) groups is 1. The zero-order chi connectivity index (χ0) is 18.7. The van der Waals surface area contributed by atoms with Crippen molar-refractivity contribution in [1.82, 2.24) is 5.01 Å². The van der Waals surface area contributed by atoms with Gasteiger partial charge in [-0.1, -0.05) is 39.8 Å². The van der Waals surface area contributed by atoms with Crippen molar-refractivity contribution in [2.45, 2.75) is 0 Å². The summed E-state index contributed by atoms with van der Waals surface area (Å²) >= 11 is 13.4. The monoisotopic (exact) mass is 510 g/mol. The Balaban J connectivity index is 1.80. The maximum Gasteiger partial charge on any atom is 0.286 e. The van der Waals surface area contributed by atoms with E-state index in [0.29, 0.717) is 9.23 Å². The van der Waals surface area contributed by atoms with Crippen molar-refractivity contribution in [1.29, 1.82) is 0 Å². The average Bonchev–Trinajstić information content (AvgIpc) is 2.87. The summed E-state index contributed by atoms with van der Waals surface area (Å²) in [5, 5.41) is 5.48.